The van der Waals surface area contributed by atoms with E-state index in [-0.39, 0.29) is 23.3 Å². The summed E-state index contributed by atoms with van der Waals surface area (Å²) in [5.74, 6) is 1.90. The van der Waals surface area contributed by atoms with Crippen molar-refractivity contribution in [1.29, 1.82) is 0 Å². The van der Waals surface area contributed by atoms with E-state index in [0.29, 0.717) is 11.1 Å². The van der Waals surface area contributed by atoms with Gasteiger partial charge in [0.1, 0.15) is 5.54 Å². The summed E-state index contributed by atoms with van der Waals surface area (Å²) in [5.41, 5.74) is 5.14. The van der Waals surface area contributed by atoms with Crippen LogP contribution in [0.25, 0.3) is 0 Å². The number of nitrogens with one attached hydrogen (secondary N) is 1. The van der Waals surface area contributed by atoms with Crippen molar-refractivity contribution >= 4 is 35.7 Å². The maximum atomic E-state index is 13.5. The summed E-state index contributed by atoms with van der Waals surface area (Å²) in [6.45, 7) is 2.72. The number of imide groups is 1. The molecule has 0 bridgehead atoms. The Morgan fingerprint density at radius 3 is 2.47 bits per heavy atom. The average molecular weight is 466 g/mol. The molecule has 0 saturated carbocycles. The molecular weight excluding hydrogens is 442 g/mol. The monoisotopic (exact) mass is 466 g/mol. The molecule has 0 spiro atoms. The van der Waals surface area contributed by atoms with Crippen LogP contribution in [0, 0.1) is 6.42 Å². The second-order valence-electron chi connectivity index (χ2n) is 8.04. The number of nitrogens with two attached hydrogens (primary N) is 2. The first kappa shape index (κ1) is 24.5. The highest BCUT2D eigenvalue weighted by molar-refractivity contribution is 6.16. The van der Waals surface area contributed by atoms with Crippen LogP contribution in [-0.4, -0.2) is 51.7 Å². The van der Waals surface area contributed by atoms with E-state index in [1.165, 1.54) is 32.6 Å². The summed E-state index contributed by atoms with van der Waals surface area (Å²) >= 11 is 0. The van der Waals surface area contributed by atoms with E-state index in [2.05, 4.69) is 10.4 Å². The summed E-state index contributed by atoms with van der Waals surface area (Å²) in [6, 6.07) is 4.48. The molecule has 3 rings (SSSR count). The van der Waals surface area contributed by atoms with Gasteiger partial charge in [-0.25, -0.2) is 9.69 Å². The van der Waals surface area contributed by atoms with Crippen LogP contribution >= 0.6 is 0 Å². The first-order valence-electron chi connectivity index (χ1n) is 10.3. The van der Waals surface area contributed by atoms with Crippen LogP contribution in [0.4, 0.5) is 4.79 Å². The fourth-order valence-corrected chi connectivity index (χ4v) is 3.95. The quantitative estimate of drug-likeness (QED) is 0.184. The Labute approximate surface area is 195 Å². The van der Waals surface area contributed by atoms with E-state index in [1.54, 1.807) is 24.3 Å². The van der Waals surface area contributed by atoms with Gasteiger partial charge in [-0.05, 0) is 37.8 Å². The van der Waals surface area contributed by atoms with Crippen molar-refractivity contribution in [3.05, 3.63) is 64.7 Å². The maximum absolute atomic E-state index is 13.5. The molecule has 6 N–H and O–H groups in total. The van der Waals surface area contributed by atoms with Crippen LogP contribution in [0.1, 0.15) is 37.8 Å². The van der Waals surface area contributed by atoms with Crippen molar-refractivity contribution in [3.8, 4) is 0 Å². The Morgan fingerprint density at radius 2 is 1.91 bits per heavy atom. The first-order valence-corrected chi connectivity index (χ1v) is 10.3. The molecule has 1 aromatic carbocycles. The Morgan fingerprint density at radius 1 is 1.26 bits per heavy atom. The van der Waals surface area contributed by atoms with E-state index in [1.807, 2.05) is 0 Å². The molecule has 1 saturated heterocycles. The number of aliphatic carboxylic acids is 1. The molecule has 1 heterocycles. The number of carboxylic acid groups (broad SMARTS) is 1. The molecule has 1 fully saturated rings. The van der Waals surface area contributed by atoms with Gasteiger partial charge in [-0.1, -0.05) is 30.3 Å². The topological polar surface area (TPSA) is 185 Å². The molecule has 1 aliphatic carbocycles. The van der Waals surface area contributed by atoms with E-state index < -0.39 is 47.5 Å². The van der Waals surface area contributed by atoms with Crippen molar-refractivity contribution < 1.29 is 29.1 Å². The smallest absolute Gasteiger partial charge is 0.329 e. The van der Waals surface area contributed by atoms with Crippen LogP contribution in [0.5, 0.6) is 0 Å². The SMILES string of the molecule is CC(=O)C1=C(C(=O)[C@@H](N)CC(=O)O)[CH]CC=C1N1C(=O)N[C@](C)(c2ccc(C=NN)cc2)C1=O. The number of nitrogens with zero attached hydrogens (tertiary/aromatic N) is 2. The highest BCUT2D eigenvalue weighted by atomic mass is 16.4. The van der Waals surface area contributed by atoms with Gasteiger partial charge in [-0.2, -0.15) is 5.10 Å². The zero-order valence-corrected chi connectivity index (χ0v) is 18.6. The first-order chi connectivity index (χ1) is 16.0. The van der Waals surface area contributed by atoms with Crippen molar-refractivity contribution in [2.45, 2.75) is 38.3 Å². The summed E-state index contributed by atoms with van der Waals surface area (Å²) < 4.78 is 0. The number of hydrazone groups is 1. The molecule has 11 nitrogen and oxygen atoms in total. The van der Waals surface area contributed by atoms with Gasteiger partial charge in [0.05, 0.1) is 24.4 Å². The van der Waals surface area contributed by atoms with Gasteiger partial charge in [0.2, 0.25) is 0 Å². The molecule has 2 aliphatic rings. The van der Waals surface area contributed by atoms with Gasteiger partial charge in [-0.3, -0.25) is 19.2 Å². The number of amides is 3. The van der Waals surface area contributed by atoms with Crippen LogP contribution in [0.15, 0.2) is 52.3 Å². The van der Waals surface area contributed by atoms with E-state index in [4.69, 9.17) is 16.7 Å². The number of hydrogen-bond donors (Lipinski definition) is 4. The number of hydrogen-bond acceptors (Lipinski definition) is 8. The van der Waals surface area contributed by atoms with Gasteiger partial charge in [0, 0.05) is 11.1 Å². The highest BCUT2D eigenvalue weighted by Gasteiger charge is 2.51. The maximum Gasteiger partial charge on any atom is 0.329 e. The predicted molar refractivity (Wildman–Crippen MR) is 121 cm³/mol. The number of urea groups is 1. The van der Waals surface area contributed by atoms with Gasteiger partial charge >= 0.3 is 12.0 Å². The zero-order chi connectivity index (χ0) is 25.2. The second-order valence-corrected chi connectivity index (χ2v) is 8.04. The molecule has 177 valence electrons. The largest absolute Gasteiger partial charge is 0.481 e. The van der Waals surface area contributed by atoms with Gasteiger partial charge in [-0.15, -0.1) is 0 Å². The fraction of sp³-hybridized carbons (Fsp3) is 0.261. The lowest BCUT2D eigenvalue weighted by Gasteiger charge is -2.27. The molecule has 0 aromatic heterocycles. The number of carbonyl (C=O) groups is 5. The van der Waals surface area contributed by atoms with E-state index >= 15 is 0 Å². The summed E-state index contributed by atoms with van der Waals surface area (Å²) in [7, 11) is 0. The molecule has 1 radical (unpaired) electrons. The molecule has 34 heavy (non-hydrogen) atoms. The number of rotatable bonds is 8. The van der Waals surface area contributed by atoms with Gasteiger partial charge in [0.15, 0.2) is 11.6 Å². The summed E-state index contributed by atoms with van der Waals surface area (Å²) in [4.78, 5) is 63.6. The minimum absolute atomic E-state index is 0.0426. The average Bonchev–Trinajstić information content (AvgIpc) is 3.01. The summed E-state index contributed by atoms with van der Waals surface area (Å²) in [5, 5.41) is 15.1. The highest BCUT2D eigenvalue weighted by Crippen LogP contribution is 2.36. The molecule has 1 aliphatic heterocycles. The lowest BCUT2D eigenvalue weighted by Crippen LogP contribution is -2.41. The molecular formula is C23H24N5O6. The number of carbonyl (C=O) groups excluding carboxylic acids is 4. The molecule has 0 unspecified atom stereocenters. The van der Waals surface area contributed by atoms with Crippen molar-refractivity contribution in [2.24, 2.45) is 16.7 Å². The Kier molecular flexibility index (Phi) is 6.78. The lowest BCUT2D eigenvalue weighted by molar-refractivity contribution is -0.138. The number of allylic oxidation sites excluding steroid dienone is 2. The van der Waals surface area contributed by atoms with Gasteiger partial charge < -0.3 is 22.0 Å². The fourth-order valence-electron chi connectivity index (χ4n) is 3.95. The van der Waals surface area contributed by atoms with Crippen molar-refractivity contribution in [1.82, 2.24) is 10.2 Å². The van der Waals surface area contributed by atoms with Gasteiger partial charge in [0.25, 0.3) is 5.91 Å². The van der Waals surface area contributed by atoms with Crippen LogP contribution in [0.2, 0.25) is 0 Å². The van der Waals surface area contributed by atoms with Crippen LogP contribution in [-0.2, 0) is 24.7 Å². The zero-order valence-electron chi connectivity index (χ0n) is 18.6. The normalized spacial score (nSPS) is 21.5. The third-order valence-corrected chi connectivity index (χ3v) is 5.65. The molecule has 3 amide bonds. The van der Waals surface area contributed by atoms with E-state index in [9.17, 15) is 24.0 Å². The number of ketones is 2. The van der Waals surface area contributed by atoms with Crippen molar-refractivity contribution in [2.75, 3.05) is 0 Å². The number of benzene rings is 1. The van der Waals surface area contributed by atoms with Crippen molar-refractivity contribution in [3.63, 3.8) is 0 Å². The molecule has 11 heteroatoms. The molecule has 1 aromatic rings. The number of carboxylic acids is 1. The minimum Gasteiger partial charge on any atom is -0.481 e. The lowest BCUT2D eigenvalue weighted by atomic mass is 9.86. The second kappa shape index (κ2) is 9.40. The number of Topliss-reactive ketones (excluding diaryl/α,β-unsaturated/α-hetero) is 2. The standard InChI is InChI=1S/C23H24N5O6/c1-12(29)19-15(20(32)16(24)10-18(30)31)4-3-5-17(19)28-21(33)23(2,27-22(28)34)14-8-6-13(7-9-14)11-26-25/h4-9,11,16H,3,10,24-25H2,1-2H3,(H,27,34)(H,30,31)/t16-,23+/m0/s1. The Bertz CT molecular complexity index is 1170. The Hall–Kier alpha value is -4.12. The predicted octanol–water partition coefficient (Wildman–Crippen LogP) is 0.495. The van der Waals surface area contributed by atoms with E-state index in [0.717, 1.165) is 4.90 Å². The molecule has 2 atom stereocenters. The minimum atomic E-state index is -1.44. The Balaban J connectivity index is 2.01. The third-order valence-electron chi connectivity index (χ3n) is 5.65. The van der Waals surface area contributed by atoms with Crippen LogP contribution in [0.3, 0.4) is 0 Å². The summed E-state index contributed by atoms with van der Waals surface area (Å²) in [6.07, 6.45) is 3.84. The van der Waals surface area contributed by atoms with Crippen LogP contribution < -0.4 is 16.9 Å². The third kappa shape index (κ3) is 4.37.